The van der Waals surface area contributed by atoms with E-state index >= 15 is 0 Å². The van der Waals surface area contributed by atoms with Gasteiger partial charge in [-0.15, -0.1) is 15.3 Å². The minimum absolute atomic E-state index is 0.126. The molecule has 1 aliphatic carbocycles. The highest BCUT2D eigenvalue weighted by Crippen LogP contribution is 2.39. The minimum Gasteiger partial charge on any atom is -0.355 e. The summed E-state index contributed by atoms with van der Waals surface area (Å²) in [6.07, 6.45) is -1.63. The topological polar surface area (TPSA) is 46.3 Å². The quantitative estimate of drug-likeness (QED) is 0.855. The smallest absolute Gasteiger partial charge is 0.355 e. The van der Waals surface area contributed by atoms with Gasteiger partial charge in [0.15, 0.2) is 11.5 Å². The van der Waals surface area contributed by atoms with Crippen LogP contribution in [0.3, 0.4) is 0 Å². The largest absolute Gasteiger partial charge is 0.391 e. The Morgan fingerprint density at radius 3 is 2.36 bits per heavy atom. The predicted molar refractivity (Wildman–Crippen MR) is 73.7 cm³/mol. The van der Waals surface area contributed by atoms with Crippen molar-refractivity contribution in [3.05, 3.63) is 18.0 Å². The Bertz CT molecular complexity index is 683. The summed E-state index contributed by atoms with van der Waals surface area (Å²) in [7, 11) is 0. The number of fused-ring (bicyclic) bond motifs is 1. The lowest BCUT2D eigenvalue weighted by molar-refractivity contribution is -0.179. The van der Waals surface area contributed by atoms with E-state index in [4.69, 9.17) is 0 Å². The summed E-state index contributed by atoms with van der Waals surface area (Å²) in [5.41, 5.74) is 0.691. The zero-order valence-corrected chi connectivity index (χ0v) is 11.9. The van der Waals surface area contributed by atoms with Crippen molar-refractivity contribution >= 4 is 11.5 Å². The van der Waals surface area contributed by atoms with E-state index in [0.717, 1.165) is 18.7 Å². The van der Waals surface area contributed by atoms with Crippen molar-refractivity contribution in [3.8, 4) is 0 Å². The van der Waals surface area contributed by atoms with E-state index in [-0.39, 0.29) is 12.8 Å². The molecule has 0 unspecified atom stereocenters. The number of hydrogen-bond acceptors (Lipinski definition) is 4. The van der Waals surface area contributed by atoms with Crippen LogP contribution >= 0.6 is 0 Å². The molecule has 2 fully saturated rings. The molecule has 1 saturated heterocycles. The standard InChI is InChI=1S/C14H16F3N5/c15-14(16,17)10-5-7-21(8-6-10)12-4-3-11-18-19-13(9-1-2-9)22(11)20-12/h3-4,9-10H,1-2,5-8H2. The number of anilines is 1. The van der Waals surface area contributed by atoms with E-state index < -0.39 is 12.1 Å². The predicted octanol–water partition coefficient (Wildman–Crippen LogP) is 2.78. The van der Waals surface area contributed by atoms with Gasteiger partial charge < -0.3 is 4.90 Å². The van der Waals surface area contributed by atoms with Gasteiger partial charge in [-0.1, -0.05) is 0 Å². The minimum atomic E-state index is -4.09. The normalized spacial score (nSPS) is 20.8. The number of alkyl halides is 3. The zero-order valence-electron chi connectivity index (χ0n) is 11.9. The fourth-order valence-corrected chi connectivity index (χ4v) is 3.00. The molecule has 0 aromatic carbocycles. The number of hydrogen-bond donors (Lipinski definition) is 0. The third kappa shape index (κ3) is 2.40. The van der Waals surface area contributed by atoms with Gasteiger partial charge in [0, 0.05) is 19.0 Å². The maximum absolute atomic E-state index is 12.7. The molecular formula is C14H16F3N5. The van der Waals surface area contributed by atoms with Crippen LogP contribution in [0.5, 0.6) is 0 Å². The van der Waals surface area contributed by atoms with Crippen molar-refractivity contribution in [3.63, 3.8) is 0 Å². The first-order valence-electron chi connectivity index (χ1n) is 7.56. The molecule has 0 amide bonds. The Balaban J connectivity index is 1.56. The van der Waals surface area contributed by atoms with Gasteiger partial charge in [0.05, 0.1) is 5.92 Å². The van der Waals surface area contributed by atoms with Crippen LogP contribution in [0.4, 0.5) is 19.0 Å². The fourth-order valence-electron chi connectivity index (χ4n) is 3.00. The van der Waals surface area contributed by atoms with Crippen LogP contribution in [0.1, 0.15) is 37.4 Å². The third-order valence-corrected chi connectivity index (χ3v) is 4.50. The van der Waals surface area contributed by atoms with Gasteiger partial charge in [0.2, 0.25) is 0 Å². The molecule has 3 heterocycles. The van der Waals surface area contributed by atoms with Crippen molar-refractivity contribution in [2.45, 2.75) is 37.8 Å². The number of halogens is 3. The Morgan fingerprint density at radius 1 is 1.00 bits per heavy atom. The van der Waals surface area contributed by atoms with Gasteiger partial charge in [0.1, 0.15) is 5.82 Å². The lowest BCUT2D eigenvalue weighted by Crippen LogP contribution is -2.39. The van der Waals surface area contributed by atoms with Crippen molar-refractivity contribution < 1.29 is 13.2 Å². The molecule has 4 rings (SSSR count). The van der Waals surface area contributed by atoms with Crippen molar-refractivity contribution in [1.29, 1.82) is 0 Å². The molecule has 118 valence electrons. The molecule has 1 aliphatic heterocycles. The lowest BCUT2D eigenvalue weighted by atomic mass is 9.96. The van der Waals surface area contributed by atoms with E-state index in [2.05, 4.69) is 15.3 Å². The Labute approximate surface area is 125 Å². The Kier molecular flexibility index (Phi) is 3.02. The first-order valence-corrected chi connectivity index (χ1v) is 7.56. The molecular weight excluding hydrogens is 295 g/mol. The van der Waals surface area contributed by atoms with Gasteiger partial charge in [-0.2, -0.15) is 17.7 Å². The summed E-state index contributed by atoms with van der Waals surface area (Å²) in [6, 6.07) is 3.64. The summed E-state index contributed by atoms with van der Waals surface area (Å²) >= 11 is 0. The molecule has 0 bridgehead atoms. The first-order chi connectivity index (χ1) is 10.5. The van der Waals surface area contributed by atoms with Crippen LogP contribution in [0.2, 0.25) is 0 Å². The number of rotatable bonds is 2. The summed E-state index contributed by atoms with van der Waals surface area (Å²) in [6.45, 7) is 0.757. The number of nitrogens with zero attached hydrogens (tertiary/aromatic N) is 5. The molecule has 0 spiro atoms. The summed E-state index contributed by atoms with van der Waals surface area (Å²) in [4.78, 5) is 1.92. The monoisotopic (exact) mass is 311 g/mol. The van der Waals surface area contributed by atoms with Crippen LogP contribution in [-0.4, -0.2) is 39.1 Å². The molecule has 8 heteroatoms. The molecule has 1 saturated carbocycles. The first kappa shape index (κ1) is 13.8. The Morgan fingerprint density at radius 2 is 1.73 bits per heavy atom. The maximum atomic E-state index is 12.7. The highest BCUT2D eigenvalue weighted by Gasteiger charge is 2.41. The van der Waals surface area contributed by atoms with Crippen molar-refractivity contribution in [2.24, 2.45) is 5.92 Å². The summed E-state index contributed by atoms with van der Waals surface area (Å²) in [5, 5.41) is 12.8. The second-order valence-electron chi connectivity index (χ2n) is 6.10. The van der Waals surface area contributed by atoms with Crippen molar-refractivity contribution in [2.75, 3.05) is 18.0 Å². The van der Waals surface area contributed by atoms with E-state index in [9.17, 15) is 13.2 Å². The summed E-state index contributed by atoms with van der Waals surface area (Å²) in [5.74, 6) is 0.801. The van der Waals surface area contributed by atoms with E-state index in [1.54, 1.807) is 4.52 Å². The highest BCUT2D eigenvalue weighted by atomic mass is 19.4. The zero-order chi connectivity index (χ0) is 15.3. The van der Waals surface area contributed by atoms with E-state index in [0.29, 0.717) is 30.5 Å². The third-order valence-electron chi connectivity index (χ3n) is 4.50. The average molecular weight is 311 g/mol. The molecule has 2 aromatic heterocycles. The average Bonchev–Trinajstić information content (AvgIpc) is 3.26. The van der Waals surface area contributed by atoms with Crippen LogP contribution in [0.15, 0.2) is 12.1 Å². The number of aromatic nitrogens is 4. The maximum Gasteiger partial charge on any atom is 0.391 e. The van der Waals surface area contributed by atoms with E-state index in [1.807, 2.05) is 17.0 Å². The SMILES string of the molecule is FC(F)(F)C1CCN(c2ccc3nnc(C4CC4)n3n2)CC1. The molecule has 0 atom stereocenters. The molecule has 0 N–H and O–H groups in total. The van der Waals surface area contributed by atoms with Gasteiger partial charge in [-0.3, -0.25) is 0 Å². The molecule has 5 nitrogen and oxygen atoms in total. The van der Waals surface area contributed by atoms with E-state index in [1.165, 1.54) is 0 Å². The van der Waals surface area contributed by atoms with Crippen LogP contribution in [-0.2, 0) is 0 Å². The molecule has 2 aromatic rings. The van der Waals surface area contributed by atoms with Crippen molar-refractivity contribution in [1.82, 2.24) is 19.8 Å². The molecule has 22 heavy (non-hydrogen) atoms. The van der Waals surface area contributed by atoms with Crippen LogP contribution < -0.4 is 4.90 Å². The second kappa shape index (κ2) is 4.82. The highest BCUT2D eigenvalue weighted by molar-refractivity contribution is 5.46. The van der Waals surface area contributed by atoms with Gasteiger partial charge in [-0.25, -0.2) is 0 Å². The van der Waals surface area contributed by atoms with Gasteiger partial charge in [0.25, 0.3) is 0 Å². The summed E-state index contributed by atoms with van der Waals surface area (Å²) < 4.78 is 39.9. The second-order valence-corrected chi connectivity index (χ2v) is 6.10. The van der Waals surface area contributed by atoms with Crippen LogP contribution in [0, 0.1) is 5.92 Å². The molecule has 0 radical (unpaired) electrons. The fraction of sp³-hybridized carbons (Fsp3) is 0.643. The lowest BCUT2D eigenvalue weighted by Gasteiger charge is -2.33. The Hall–Kier alpha value is -1.86. The van der Waals surface area contributed by atoms with Crippen LogP contribution in [0.25, 0.3) is 5.65 Å². The molecule has 2 aliphatic rings. The number of piperidine rings is 1. The van der Waals surface area contributed by atoms with Gasteiger partial charge in [-0.05, 0) is 37.8 Å². The van der Waals surface area contributed by atoms with Gasteiger partial charge >= 0.3 is 6.18 Å².